The highest BCUT2D eigenvalue weighted by molar-refractivity contribution is 5.91. The minimum Gasteiger partial charge on any atom is -0.465 e. The number of carbonyl (C=O) groups excluding carboxylic acids is 2. The molecule has 2 amide bonds. The normalized spacial score (nSPS) is 16.2. The van der Waals surface area contributed by atoms with Crippen molar-refractivity contribution in [1.29, 1.82) is 0 Å². The third-order valence-electron chi connectivity index (χ3n) is 3.52. The SMILES string of the molecule is O=C(/C=C/c1ccco1)NCCCN1CCCCCC1=O. The van der Waals surface area contributed by atoms with Crippen LogP contribution in [0.15, 0.2) is 28.9 Å². The Bertz CT molecular complexity index is 480. The van der Waals surface area contributed by atoms with Crippen molar-refractivity contribution in [3.05, 3.63) is 30.2 Å². The van der Waals surface area contributed by atoms with Crippen molar-refractivity contribution in [1.82, 2.24) is 10.2 Å². The molecule has 5 heteroatoms. The van der Waals surface area contributed by atoms with Gasteiger partial charge in [0.2, 0.25) is 11.8 Å². The van der Waals surface area contributed by atoms with Gasteiger partial charge in [0.1, 0.15) is 5.76 Å². The van der Waals surface area contributed by atoms with Crippen LogP contribution >= 0.6 is 0 Å². The van der Waals surface area contributed by atoms with Crippen molar-refractivity contribution < 1.29 is 14.0 Å². The number of likely N-dealkylation sites (tertiary alicyclic amines) is 1. The van der Waals surface area contributed by atoms with E-state index in [4.69, 9.17) is 4.42 Å². The number of furan rings is 1. The quantitative estimate of drug-likeness (QED) is 0.645. The summed E-state index contributed by atoms with van der Waals surface area (Å²) in [6.45, 7) is 2.15. The number of hydrogen-bond donors (Lipinski definition) is 1. The molecule has 1 aromatic heterocycles. The first-order chi connectivity index (χ1) is 10.3. The van der Waals surface area contributed by atoms with Crippen LogP contribution in [0, 0.1) is 0 Å². The van der Waals surface area contributed by atoms with Gasteiger partial charge in [-0.2, -0.15) is 0 Å². The number of rotatable bonds is 6. The molecule has 2 heterocycles. The standard InChI is InChI=1S/C16H22N2O3/c19-15(9-8-14-6-4-13-21-14)17-10-5-12-18-11-3-1-2-7-16(18)20/h4,6,8-9,13H,1-3,5,7,10-12H2,(H,17,19)/b9-8+. The predicted octanol–water partition coefficient (Wildman–Crippen LogP) is 2.20. The average Bonchev–Trinajstić information content (AvgIpc) is 2.92. The second-order valence-electron chi connectivity index (χ2n) is 5.18. The van der Waals surface area contributed by atoms with E-state index < -0.39 is 0 Å². The highest BCUT2D eigenvalue weighted by atomic mass is 16.3. The Morgan fingerprint density at radius 1 is 1.38 bits per heavy atom. The fourth-order valence-corrected chi connectivity index (χ4v) is 2.36. The van der Waals surface area contributed by atoms with Gasteiger partial charge in [-0.15, -0.1) is 0 Å². The Labute approximate surface area is 125 Å². The van der Waals surface area contributed by atoms with Gasteiger partial charge in [0, 0.05) is 32.1 Å². The molecule has 1 aliphatic rings. The van der Waals surface area contributed by atoms with Crippen molar-refractivity contribution in [3.63, 3.8) is 0 Å². The topological polar surface area (TPSA) is 62.6 Å². The summed E-state index contributed by atoms with van der Waals surface area (Å²) in [5, 5.41) is 2.81. The van der Waals surface area contributed by atoms with Gasteiger partial charge >= 0.3 is 0 Å². The first-order valence-corrected chi connectivity index (χ1v) is 7.53. The van der Waals surface area contributed by atoms with E-state index >= 15 is 0 Å². The van der Waals surface area contributed by atoms with Gasteiger partial charge in [0.05, 0.1) is 6.26 Å². The summed E-state index contributed by atoms with van der Waals surface area (Å²) in [5.74, 6) is 0.755. The lowest BCUT2D eigenvalue weighted by Crippen LogP contribution is -2.33. The zero-order chi connectivity index (χ0) is 14.9. The number of hydrogen-bond acceptors (Lipinski definition) is 3. The zero-order valence-electron chi connectivity index (χ0n) is 12.2. The van der Waals surface area contributed by atoms with Crippen LogP contribution in [0.2, 0.25) is 0 Å². The van der Waals surface area contributed by atoms with Gasteiger partial charge in [-0.05, 0) is 37.5 Å². The van der Waals surface area contributed by atoms with Gasteiger partial charge < -0.3 is 14.6 Å². The molecule has 0 atom stereocenters. The molecule has 0 aromatic carbocycles. The summed E-state index contributed by atoms with van der Waals surface area (Å²) >= 11 is 0. The van der Waals surface area contributed by atoms with Crippen LogP contribution in [-0.4, -0.2) is 36.3 Å². The summed E-state index contributed by atoms with van der Waals surface area (Å²) in [6.07, 6.45) is 9.33. The molecule has 114 valence electrons. The predicted molar refractivity (Wildman–Crippen MR) is 80.4 cm³/mol. The molecule has 0 saturated carbocycles. The molecule has 1 saturated heterocycles. The lowest BCUT2D eigenvalue weighted by molar-refractivity contribution is -0.130. The number of nitrogens with one attached hydrogen (secondary N) is 1. The Hall–Kier alpha value is -2.04. The van der Waals surface area contributed by atoms with E-state index in [1.165, 1.54) is 6.08 Å². The summed E-state index contributed by atoms with van der Waals surface area (Å²) in [5.41, 5.74) is 0. The van der Waals surface area contributed by atoms with Crippen molar-refractivity contribution in [2.45, 2.75) is 32.1 Å². The highest BCUT2D eigenvalue weighted by Crippen LogP contribution is 2.11. The van der Waals surface area contributed by atoms with Crippen molar-refractivity contribution in [2.24, 2.45) is 0 Å². The lowest BCUT2D eigenvalue weighted by atomic mass is 10.2. The molecule has 21 heavy (non-hydrogen) atoms. The van der Waals surface area contributed by atoms with E-state index in [9.17, 15) is 9.59 Å². The molecule has 0 spiro atoms. The molecule has 0 bridgehead atoms. The Morgan fingerprint density at radius 2 is 2.29 bits per heavy atom. The van der Waals surface area contributed by atoms with Gasteiger partial charge in [0.15, 0.2) is 0 Å². The molecule has 1 aromatic rings. The maximum absolute atomic E-state index is 11.8. The Morgan fingerprint density at radius 3 is 3.10 bits per heavy atom. The van der Waals surface area contributed by atoms with Crippen LogP contribution in [0.1, 0.15) is 37.9 Å². The van der Waals surface area contributed by atoms with Gasteiger partial charge in [-0.25, -0.2) is 0 Å². The molecule has 0 aliphatic carbocycles. The first kappa shape index (κ1) is 15.4. The van der Waals surface area contributed by atoms with Crippen LogP contribution in [0.4, 0.5) is 0 Å². The number of carbonyl (C=O) groups is 2. The van der Waals surface area contributed by atoms with Gasteiger partial charge in [-0.3, -0.25) is 9.59 Å². The molecule has 5 nitrogen and oxygen atoms in total. The monoisotopic (exact) mass is 290 g/mol. The highest BCUT2D eigenvalue weighted by Gasteiger charge is 2.15. The van der Waals surface area contributed by atoms with E-state index in [1.807, 2.05) is 4.90 Å². The van der Waals surface area contributed by atoms with Crippen molar-refractivity contribution in [2.75, 3.05) is 19.6 Å². The zero-order valence-corrected chi connectivity index (χ0v) is 12.2. The number of amides is 2. The lowest BCUT2D eigenvalue weighted by Gasteiger charge is -2.20. The van der Waals surface area contributed by atoms with Crippen LogP contribution in [0.5, 0.6) is 0 Å². The van der Waals surface area contributed by atoms with Gasteiger partial charge in [-0.1, -0.05) is 6.42 Å². The summed E-state index contributed by atoms with van der Waals surface area (Å²) in [6, 6.07) is 3.56. The third-order valence-corrected chi connectivity index (χ3v) is 3.52. The molecule has 0 radical (unpaired) electrons. The van der Waals surface area contributed by atoms with Crippen molar-refractivity contribution in [3.8, 4) is 0 Å². The fourth-order valence-electron chi connectivity index (χ4n) is 2.36. The van der Waals surface area contributed by atoms with E-state index in [-0.39, 0.29) is 11.8 Å². The molecule has 1 N–H and O–H groups in total. The van der Waals surface area contributed by atoms with Crippen molar-refractivity contribution >= 4 is 17.9 Å². The molecular weight excluding hydrogens is 268 g/mol. The maximum atomic E-state index is 11.8. The fraction of sp³-hybridized carbons (Fsp3) is 0.500. The molecule has 0 unspecified atom stereocenters. The molecular formula is C16H22N2O3. The minimum absolute atomic E-state index is 0.145. The van der Waals surface area contributed by atoms with Crippen LogP contribution in [-0.2, 0) is 9.59 Å². The van der Waals surface area contributed by atoms with Gasteiger partial charge in [0.25, 0.3) is 0 Å². The van der Waals surface area contributed by atoms with E-state index in [0.717, 1.165) is 38.8 Å². The molecule has 1 aliphatic heterocycles. The second kappa shape index (κ2) is 8.29. The average molecular weight is 290 g/mol. The van der Waals surface area contributed by atoms with E-state index in [0.29, 0.717) is 18.7 Å². The molecule has 2 rings (SSSR count). The number of nitrogens with zero attached hydrogens (tertiary/aromatic N) is 1. The van der Waals surface area contributed by atoms with Crippen LogP contribution in [0.3, 0.4) is 0 Å². The Balaban J connectivity index is 1.62. The summed E-state index contributed by atoms with van der Waals surface area (Å²) < 4.78 is 5.10. The van der Waals surface area contributed by atoms with Crippen LogP contribution < -0.4 is 5.32 Å². The molecule has 1 fully saturated rings. The smallest absolute Gasteiger partial charge is 0.244 e. The first-order valence-electron chi connectivity index (χ1n) is 7.53. The third kappa shape index (κ3) is 5.45. The summed E-state index contributed by atoms with van der Waals surface area (Å²) in [7, 11) is 0. The summed E-state index contributed by atoms with van der Waals surface area (Å²) in [4.78, 5) is 25.3. The second-order valence-corrected chi connectivity index (χ2v) is 5.18. The Kier molecular flexibility index (Phi) is 6.06. The van der Waals surface area contributed by atoms with Crippen LogP contribution in [0.25, 0.3) is 6.08 Å². The maximum Gasteiger partial charge on any atom is 0.244 e. The van der Waals surface area contributed by atoms with E-state index in [1.54, 1.807) is 24.5 Å². The van der Waals surface area contributed by atoms with E-state index in [2.05, 4.69) is 5.32 Å². The largest absolute Gasteiger partial charge is 0.465 e. The minimum atomic E-state index is -0.145.